The molecule has 0 aromatic carbocycles. The minimum absolute atomic E-state index is 0.697. The van der Waals surface area contributed by atoms with Crippen molar-refractivity contribution in [3.05, 3.63) is 23.3 Å². The molecule has 2 aromatic heterocycles. The van der Waals surface area contributed by atoms with E-state index in [0.717, 1.165) is 29.2 Å². The summed E-state index contributed by atoms with van der Waals surface area (Å²) in [4.78, 5) is 4.37. The Bertz CT molecular complexity index is 474. The number of aromatic nitrogens is 5. The molecule has 0 unspecified atom stereocenters. The van der Waals surface area contributed by atoms with Gasteiger partial charge in [-0.15, -0.1) is 0 Å². The third-order valence-electron chi connectivity index (χ3n) is 2.21. The summed E-state index contributed by atoms with van der Waals surface area (Å²) in [6, 6.07) is 1.95. The van der Waals surface area contributed by atoms with E-state index >= 15 is 0 Å². The third-order valence-corrected chi connectivity index (χ3v) is 2.21. The monoisotopic (exact) mass is 203 g/mol. The van der Waals surface area contributed by atoms with Gasteiger partial charge >= 0.3 is 0 Å². The number of hydrogen-bond acceptors (Lipinski definition) is 4. The molecule has 15 heavy (non-hydrogen) atoms. The van der Waals surface area contributed by atoms with Crippen LogP contribution >= 0.6 is 0 Å². The fourth-order valence-electron chi connectivity index (χ4n) is 1.35. The van der Waals surface area contributed by atoms with E-state index in [-0.39, 0.29) is 0 Å². The molecule has 0 atom stereocenters. The molecule has 0 spiro atoms. The minimum atomic E-state index is 0.697. The average Bonchev–Trinajstić information content (AvgIpc) is 2.70. The van der Waals surface area contributed by atoms with Gasteiger partial charge in [0.05, 0.1) is 11.4 Å². The minimum Gasteiger partial charge on any atom is -0.263 e. The van der Waals surface area contributed by atoms with Gasteiger partial charge < -0.3 is 0 Å². The number of hydrogen-bond donors (Lipinski definition) is 1. The number of nitrogens with zero attached hydrogens (tertiary/aromatic N) is 4. The standard InChI is InChI=1S/C10H13N5/c1-4-9-11-10(15-14-9)8-5-6(2)12-13-7(8)3/h5H,4H2,1-3H3,(H,11,14,15). The highest BCUT2D eigenvalue weighted by atomic mass is 15.2. The van der Waals surface area contributed by atoms with Gasteiger partial charge in [-0.2, -0.15) is 15.3 Å². The fraction of sp³-hybridized carbons (Fsp3) is 0.400. The topological polar surface area (TPSA) is 67.3 Å². The Morgan fingerprint density at radius 1 is 1.27 bits per heavy atom. The lowest BCUT2D eigenvalue weighted by atomic mass is 10.2. The molecule has 78 valence electrons. The van der Waals surface area contributed by atoms with Crippen LogP contribution < -0.4 is 0 Å². The molecular formula is C10H13N5. The molecule has 2 aromatic rings. The zero-order chi connectivity index (χ0) is 10.8. The molecule has 0 aliphatic rings. The molecule has 0 fully saturated rings. The van der Waals surface area contributed by atoms with Crippen molar-refractivity contribution in [2.75, 3.05) is 0 Å². The molecule has 1 N–H and O–H groups in total. The second-order valence-electron chi connectivity index (χ2n) is 3.44. The van der Waals surface area contributed by atoms with Crippen molar-refractivity contribution < 1.29 is 0 Å². The maximum Gasteiger partial charge on any atom is 0.183 e. The highest BCUT2D eigenvalue weighted by molar-refractivity contribution is 5.57. The van der Waals surface area contributed by atoms with Crippen LogP contribution in [0.15, 0.2) is 6.07 Å². The van der Waals surface area contributed by atoms with Gasteiger partial charge in [0.2, 0.25) is 0 Å². The first-order chi connectivity index (χ1) is 7.20. The highest BCUT2D eigenvalue weighted by Gasteiger charge is 2.09. The van der Waals surface area contributed by atoms with E-state index in [2.05, 4.69) is 25.4 Å². The quantitative estimate of drug-likeness (QED) is 0.802. The average molecular weight is 203 g/mol. The molecule has 0 aliphatic heterocycles. The predicted octanol–water partition coefficient (Wildman–Crippen LogP) is 1.44. The summed E-state index contributed by atoms with van der Waals surface area (Å²) in [6.07, 6.45) is 0.851. The van der Waals surface area contributed by atoms with Crippen LogP contribution in [0.5, 0.6) is 0 Å². The van der Waals surface area contributed by atoms with Crippen molar-refractivity contribution >= 4 is 0 Å². The van der Waals surface area contributed by atoms with Crippen LogP contribution in [0.25, 0.3) is 11.4 Å². The van der Waals surface area contributed by atoms with E-state index < -0.39 is 0 Å². The van der Waals surface area contributed by atoms with Gasteiger partial charge in [0, 0.05) is 12.0 Å². The van der Waals surface area contributed by atoms with Crippen LogP contribution in [0.2, 0.25) is 0 Å². The van der Waals surface area contributed by atoms with E-state index in [1.807, 2.05) is 26.8 Å². The summed E-state index contributed by atoms with van der Waals surface area (Å²) < 4.78 is 0. The van der Waals surface area contributed by atoms with Gasteiger partial charge in [-0.3, -0.25) is 5.10 Å². The second kappa shape index (κ2) is 3.76. The van der Waals surface area contributed by atoms with Crippen LogP contribution in [0.3, 0.4) is 0 Å². The molecule has 0 saturated heterocycles. The molecular weight excluding hydrogens is 190 g/mol. The lowest BCUT2D eigenvalue weighted by Gasteiger charge is -1.99. The predicted molar refractivity (Wildman–Crippen MR) is 56.3 cm³/mol. The summed E-state index contributed by atoms with van der Waals surface area (Å²) in [5.74, 6) is 1.58. The number of rotatable bonds is 2. The van der Waals surface area contributed by atoms with Gasteiger partial charge in [0.1, 0.15) is 5.82 Å². The summed E-state index contributed by atoms with van der Waals surface area (Å²) in [5.41, 5.74) is 2.67. The van der Waals surface area contributed by atoms with Crippen LogP contribution in [-0.2, 0) is 6.42 Å². The molecule has 5 nitrogen and oxygen atoms in total. The number of H-pyrrole nitrogens is 1. The Labute approximate surface area is 88.0 Å². The zero-order valence-electron chi connectivity index (χ0n) is 9.07. The highest BCUT2D eigenvalue weighted by Crippen LogP contribution is 2.17. The molecule has 5 heteroatoms. The maximum absolute atomic E-state index is 4.37. The van der Waals surface area contributed by atoms with Gasteiger partial charge in [-0.1, -0.05) is 6.92 Å². The first kappa shape index (κ1) is 9.76. The SMILES string of the molecule is CCc1nc(-c2cc(C)nnc2C)n[nH]1. The number of aryl methyl sites for hydroxylation is 3. The van der Waals surface area contributed by atoms with Gasteiger partial charge in [-0.25, -0.2) is 4.98 Å². The maximum atomic E-state index is 4.37. The van der Waals surface area contributed by atoms with Crippen molar-refractivity contribution in [1.82, 2.24) is 25.4 Å². The molecule has 2 rings (SSSR count). The van der Waals surface area contributed by atoms with Gasteiger partial charge in [-0.05, 0) is 19.9 Å². The van der Waals surface area contributed by atoms with E-state index in [4.69, 9.17) is 0 Å². The van der Waals surface area contributed by atoms with Crippen molar-refractivity contribution in [3.63, 3.8) is 0 Å². The van der Waals surface area contributed by atoms with Crippen LogP contribution in [0.4, 0.5) is 0 Å². The normalized spacial score (nSPS) is 10.6. The Balaban J connectivity index is 2.48. The third kappa shape index (κ3) is 1.86. The smallest absolute Gasteiger partial charge is 0.183 e. The van der Waals surface area contributed by atoms with Crippen molar-refractivity contribution in [2.45, 2.75) is 27.2 Å². The molecule has 0 bridgehead atoms. The Morgan fingerprint density at radius 3 is 2.73 bits per heavy atom. The summed E-state index contributed by atoms with van der Waals surface area (Å²) in [6.45, 7) is 5.85. The Kier molecular flexibility index (Phi) is 2.45. The summed E-state index contributed by atoms with van der Waals surface area (Å²) >= 11 is 0. The summed E-state index contributed by atoms with van der Waals surface area (Å²) in [7, 11) is 0. The second-order valence-corrected chi connectivity index (χ2v) is 3.44. The first-order valence-electron chi connectivity index (χ1n) is 4.93. The number of aromatic amines is 1. The number of nitrogens with one attached hydrogen (secondary N) is 1. The molecule has 0 saturated carbocycles. The largest absolute Gasteiger partial charge is 0.263 e. The van der Waals surface area contributed by atoms with Crippen LogP contribution in [-0.4, -0.2) is 25.4 Å². The van der Waals surface area contributed by atoms with Crippen molar-refractivity contribution in [1.29, 1.82) is 0 Å². The van der Waals surface area contributed by atoms with E-state index in [1.165, 1.54) is 0 Å². The van der Waals surface area contributed by atoms with Crippen molar-refractivity contribution in [2.24, 2.45) is 0 Å². The lowest BCUT2D eigenvalue weighted by Crippen LogP contribution is -1.95. The molecule has 2 heterocycles. The van der Waals surface area contributed by atoms with Gasteiger partial charge in [0.25, 0.3) is 0 Å². The van der Waals surface area contributed by atoms with Crippen LogP contribution in [0, 0.1) is 13.8 Å². The first-order valence-corrected chi connectivity index (χ1v) is 4.93. The molecule has 0 radical (unpaired) electrons. The van der Waals surface area contributed by atoms with E-state index in [0.29, 0.717) is 5.82 Å². The Morgan fingerprint density at radius 2 is 2.07 bits per heavy atom. The van der Waals surface area contributed by atoms with Gasteiger partial charge in [0.15, 0.2) is 5.82 Å². The fourth-order valence-corrected chi connectivity index (χ4v) is 1.35. The zero-order valence-corrected chi connectivity index (χ0v) is 9.07. The lowest BCUT2D eigenvalue weighted by molar-refractivity contribution is 0.937. The van der Waals surface area contributed by atoms with Crippen LogP contribution in [0.1, 0.15) is 24.1 Å². The molecule has 0 amide bonds. The van der Waals surface area contributed by atoms with E-state index in [9.17, 15) is 0 Å². The molecule has 0 aliphatic carbocycles. The summed E-state index contributed by atoms with van der Waals surface area (Å²) in [5, 5.41) is 15.1. The Hall–Kier alpha value is -1.78. The van der Waals surface area contributed by atoms with E-state index in [1.54, 1.807) is 0 Å². The van der Waals surface area contributed by atoms with Crippen molar-refractivity contribution in [3.8, 4) is 11.4 Å².